The lowest BCUT2D eigenvalue weighted by Gasteiger charge is -2.16. The zero-order valence-electron chi connectivity index (χ0n) is 18.7. The van der Waals surface area contributed by atoms with Crippen molar-refractivity contribution in [2.45, 2.75) is 38.7 Å². The predicted molar refractivity (Wildman–Crippen MR) is 120 cm³/mol. The Morgan fingerprint density at radius 2 is 1.82 bits per heavy atom. The maximum Gasteiger partial charge on any atom is 0.319 e. The number of nitrogens with one attached hydrogen (secondary N) is 2. The van der Waals surface area contributed by atoms with E-state index in [9.17, 15) is 22.8 Å². The Kier molecular flexibility index (Phi) is 9.92. The minimum atomic E-state index is -1.40. The second kappa shape index (κ2) is 12.4. The molecule has 0 aliphatic carbocycles. The fourth-order valence-corrected chi connectivity index (χ4v) is 3.78. The molecule has 4 N–H and O–H groups in total. The summed E-state index contributed by atoms with van der Waals surface area (Å²) in [6, 6.07) is 0.864. The molecule has 0 spiro atoms. The number of rotatable bonds is 12. The lowest BCUT2D eigenvalue weighted by atomic mass is 10.1. The van der Waals surface area contributed by atoms with Crippen molar-refractivity contribution in [2.75, 3.05) is 32.5 Å². The predicted octanol–water partition coefficient (Wildman–Crippen LogP) is 4.04. The van der Waals surface area contributed by atoms with E-state index in [0.717, 1.165) is 49.8 Å². The Labute approximate surface area is 194 Å². The van der Waals surface area contributed by atoms with Gasteiger partial charge in [0.2, 0.25) is 5.88 Å². The number of anilines is 1. The summed E-state index contributed by atoms with van der Waals surface area (Å²) in [4.78, 5) is 26.2. The Hall–Kier alpha value is -2.86. The third kappa shape index (κ3) is 7.60. The number of aromatic nitrogens is 1. The monoisotopic (exact) mass is 487 g/mol. The molecule has 0 aliphatic heterocycles. The Balaban J connectivity index is 1.97. The summed E-state index contributed by atoms with van der Waals surface area (Å²) in [6.07, 6.45) is 2.56. The molecular formula is C21H28F3N5O3S. The molecular weight excluding hydrogens is 459 g/mol. The minimum Gasteiger partial charge on any atom is -0.468 e. The number of nitrogens with zero attached hydrogens (tertiary/aromatic N) is 2. The van der Waals surface area contributed by atoms with E-state index in [1.54, 1.807) is 0 Å². The van der Waals surface area contributed by atoms with E-state index in [2.05, 4.69) is 19.9 Å². The van der Waals surface area contributed by atoms with Gasteiger partial charge in [-0.1, -0.05) is 12.8 Å². The number of amides is 3. The van der Waals surface area contributed by atoms with Crippen LogP contribution in [-0.2, 0) is 0 Å². The van der Waals surface area contributed by atoms with Gasteiger partial charge >= 0.3 is 6.03 Å². The first-order chi connectivity index (χ1) is 15.6. The summed E-state index contributed by atoms with van der Waals surface area (Å²) < 4.78 is 50.8. The first-order valence-electron chi connectivity index (χ1n) is 10.4. The molecule has 0 aliphatic rings. The lowest BCUT2D eigenvalue weighted by molar-refractivity contribution is 0.0994. The molecule has 2 rings (SSSR count). The van der Waals surface area contributed by atoms with Crippen LogP contribution in [0.5, 0.6) is 5.88 Å². The normalized spacial score (nSPS) is 12.0. The number of hydrogen-bond acceptors (Lipinski definition) is 6. The number of nitrogens with two attached hydrogens (primary N) is 1. The number of primary amides is 1. The summed E-state index contributed by atoms with van der Waals surface area (Å²) in [7, 11) is 4.03. The van der Waals surface area contributed by atoms with Crippen LogP contribution in [-0.4, -0.2) is 48.4 Å². The van der Waals surface area contributed by atoms with Crippen LogP contribution in [0.1, 0.15) is 54.6 Å². The smallest absolute Gasteiger partial charge is 0.319 e. The highest BCUT2D eigenvalue weighted by Crippen LogP contribution is 2.34. The fourth-order valence-electron chi connectivity index (χ4n) is 3.06. The summed E-state index contributed by atoms with van der Waals surface area (Å²) in [5, 5.41) is 5.18. The van der Waals surface area contributed by atoms with Crippen LogP contribution in [0.25, 0.3) is 0 Å². The van der Waals surface area contributed by atoms with Crippen molar-refractivity contribution in [3.63, 3.8) is 0 Å². The van der Waals surface area contributed by atoms with E-state index < -0.39 is 41.1 Å². The van der Waals surface area contributed by atoms with Crippen molar-refractivity contribution in [3.8, 4) is 5.88 Å². The van der Waals surface area contributed by atoms with Gasteiger partial charge in [-0.2, -0.15) is 4.37 Å². The fraction of sp³-hybridized carbons (Fsp3) is 0.476. The summed E-state index contributed by atoms with van der Waals surface area (Å²) in [5.41, 5.74) is 4.48. The van der Waals surface area contributed by atoms with Crippen LogP contribution in [0.3, 0.4) is 0 Å². The molecule has 0 saturated heterocycles. The number of carbonyl (C=O) groups excluding carboxylic acids is 2. The number of halogens is 3. The van der Waals surface area contributed by atoms with Gasteiger partial charge in [-0.25, -0.2) is 18.0 Å². The zero-order chi connectivity index (χ0) is 24.5. The zero-order valence-corrected chi connectivity index (χ0v) is 19.5. The van der Waals surface area contributed by atoms with Crippen LogP contribution >= 0.6 is 11.5 Å². The van der Waals surface area contributed by atoms with Crippen molar-refractivity contribution < 1.29 is 27.5 Å². The van der Waals surface area contributed by atoms with E-state index in [1.807, 2.05) is 14.1 Å². The van der Waals surface area contributed by atoms with Gasteiger partial charge in [0.05, 0.1) is 5.56 Å². The minimum absolute atomic E-state index is 0.0216. The van der Waals surface area contributed by atoms with Gasteiger partial charge in [0, 0.05) is 6.54 Å². The lowest BCUT2D eigenvalue weighted by Crippen LogP contribution is -2.30. The molecule has 0 bridgehead atoms. The highest BCUT2D eigenvalue weighted by atomic mass is 32.1. The average molecular weight is 488 g/mol. The number of hydrogen-bond donors (Lipinski definition) is 3. The van der Waals surface area contributed by atoms with E-state index in [0.29, 0.717) is 12.6 Å². The third-order valence-corrected chi connectivity index (χ3v) is 5.47. The third-order valence-electron chi connectivity index (χ3n) is 4.73. The number of unbranched alkanes of at least 4 members (excludes halogenated alkanes) is 3. The van der Waals surface area contributed by atoms with Gasteiger partial charge in [-0.05, 0) is 64.1 Å². The Bertz CT molecular complexity index is 971. The van der Waals surface area contributed by atoms with Gasteiger partial charge in [-0.3, -0.25) is 10.1 Å². The molecule has 0 radical (unpaired) electrons. The highest BCUT2D eigenvalue weighted by Gasteiger charge is 2.26. The number of ether oxygens (including phenoxy) is 1. The van der Waals surface area contributed by atoms with Crippen molar-refractivity contribution in [2.24, 2.45) is 5.73 Å². The highest BCUT2D eigenvalue weighted by molar-refractivity contribution is 7.11. The molecule has 0 saturated carbocycles. The second-order valence-corrected chi connectivity index (χ2v) is 8.44. The molecule has 1 aromatic heterocycles. The molecule has 3 amide bonds. The van der Waals surface area contributed by atoms with Crippen LogP contribution < -0.4 is 21.1 Å². The van der Waals surface area contributed by atoms with Gasteiger partial charge in [0.25, 0.3) is 5.91 Å². The van der Waals surface area contributed by atoms with Crippen molar-refractivity contribution in [1.29, 1.82) is 0 Å². The molecule has 1 unspecified atom stereocenters. The maximum atomic E-state index is 14.0. The van der Waals surface area contributed by atoms with Crippen molar-refractivity contribution in [3.05, 3.63) is 40.7 Å². The van der Waals surface area contributed by atoms with Crippen LogP contribution in [0.15, 0.2) is 12.1 Å². The van der Waals surface area contributed by atoms with Crippen LogP contribution in [0, 0.1) is 17.5 Å². The van der Waals surface area contributed by atoms with E-state index in [1.165, 1.54) is 6.92 Å². The average Bonchev–Trinajstić information content (AvgIpc) is 3.12. The summed E-state index contributed by atoms with van der Waals surface area (Å²) in [6.45, 7) is 2.72. The molecule has 33 heavy (non-hydrogen) atoms. The SMILES string of the molecule is CC(Oc1nsc(NC(=O)NCCCCCCN(C)C)c1C(N)=O)c1c(F)ccc(F)c1F. The first kappa shape index (κ1) is 26.4. The molecule has 2 aromatic rings. The standard InChI is InChI=1S/C21H28F3N5O3S/c1-12(15-13(22)8-9-14(23)17(15)24)32-19-16(18(25)30)20(33-28-19)27-21(31)26-10-6-4-5-7-11-29(2)3/h8-9,12H,4-7,10-11H2,1-3H3,(H2,25,30)(H2,26,27,31). The molecule has 12 heteroatoms. The van der Waals surface area contributed by atoms with E-state index >= 15 is 0 Å². The quantitative estimate of drug-likeness (QED) is 0.309. The van der Waals surface area contributed by atoms with E-state index in [4.69, 9.17) is 10.5 Å². The molecule has 1 aromatic carbocycles. The van der Waals surface area contributed by atoms with Gasteiger partial charge in [-0.15, -0.1) is 0 Å². The summed E-state index contributed by atoms with van der Waals surface area (Å²) >= 11 is 0.721. The second-order valence-electron chi connectivity index (χ2n) is 7.67. The Morgan fingerprint density at radius 3 is 2.48 bits per heavy atom. The molecule has 1 atom stereocenters. The molecule has 182 valence electrons. The number of carbonyl (C=O) groups is 2. The summed E-state index contributed by atoms with van der Waals surface area (Å²) in [5.74, 6) is -4.94. The van der Waals surface area contributed by atoms with Gasteiger partial charge in [0.1, 0.15) is 22.5 Å². The topological polar surface area (TPSA) is 110 Å². The van der Waals surface area contributed by atoms with Crippen molar-refractivity contribution >= 4 is 28.5 Å². The first-order valence-corrected chi connectivity index (χ1v) is 11.2. The van der Waals surface area contributed by atoms with Gasteiger partial charge in [0.15, 0.2) is 11.6 Å². The van der Waals surface area contributed by atoms with Crippen LogP contribution in [0.4, 0.5) is 23.0 Å². The number of benzene rings is 1. The van der Waals surface area contributed by atoms with Gasteiger partial charge < -0.3 is 20.7 Å². The Morgan fingerprint density at radius 1 is 1.15 bits per heavy atom. The molecule has 0 fully saturated rings. The molecule has 1 heterocycles. The largest absolute Gasteiger partial charge is 0.468 e. The molecule has 8 nitrogen and oxygen atoms in total. The number of urea groups is 1. The van der Waals surface area contributed by atoms with Crippen LogP contribution in [0.2, 0.25) is 0 Å². The van der Waals surface area contributed by atoms with E-state index in [-0.39, 0.29) is 16.4 Å². The maximum absolute atomic E-state index is 14.0. The van der Waals surface area contributed by atoms with Crippen molar-refractivity contribution in [1.82, 2.24) is 14.6 Å².